The fourth-order valence-electron chi connectivity index (χ4n) is 3.36. The van der Waals surface area contributed by atoms with Gasteiger partial charge in [0.2, 0.25) is 11.9 Å². The highest BCUT2D eigenvalue weighted by Gasteiger charge is 2.31. The molecule has 6 nitrogen and oxygen atoms in total. The third-order valence-electron chi connectivity index (χ3n) is 4.98. The van der Waals surface area contributed by atoms with Gasteiger partial charge in [0.25, 0.3) is 5.95 Å². The third kappa shape index (κ3) is 4.10. The molecule has 1 aliphatic heterocycles. The second-order valence-electron chi connectivity index (χ2n) is 7.40. The number of hydrogen-bond donors (Lipinski definition) is 2. The number of carbonyl (C=O) groups excluding carboxylic acids is 1. The van der Waals surface area contributed by atoms with Gasteiger partial charge in [-0.05, 0) is 41.8 Å². The van der Waals surface area contributed by atoms with Gasteiger partial charge in [-0.3, -0.25) is 10.1 Å². The van der Waals surface area contributed by atoms with E-state index in [0.29, 0.717) is 17.4 Å². The number of hydrogen-bond acceptors (Lipinski definition) is 4. The average Bonchev–Trinajstić information content (AvgIpc) is 3.10. The Morgan fingerprint density at radius 2 is 1.83 bits per heavy atom. The van der Waals surface area contributed by atoms with E-state index in [0.717, 1.165) is 11.1 Å². The van der Waals surface area contributed by atoms with Crippen LogP contribution in [0.4, 0.5) is 16.3 Å². The predicted molar refractivity (Wildman–Crippen MR) is 110 cm³/mol. The molecule has 2 aromatic carbocycles. The average molecular weight is 414 g/mol. The molecule has 1 aliphatic rings. The molecule has 1 amide bonds. The molecule has 29 heavy (non-hydrogen) atoms. The van der Waals surface area contributed by atoms with Crippen molar-refractivity contribution >= 4 is 29.4 Å². The molecule has 0 saturated heterocycles. The van der Waals surface area contributed by atoms with Crippen LogP contribution in [0.5, 0.6) is 0 Å². The monoisotopic (exact) mass is 413 g/mol. The topological polar surface area (TPSA) is 71.8 Å². The number of benzene rings is 2. The van der Waals surface area contributed by atoms with Gasteiger partial charge in [-0.1, -0.05) is 49.7 Å². The molecule has 0 bridgehead atoms. The Balaban J connectivity index is 1.71. The highest BCUT2D eigenvalue weighted by molar-refractivity contribution is 6.30. The minimum Gasteiger partial charge on any atom is -0.347 e. The van der Waals surface area contributed by atoms with Gasteiger partial charge >= 0.3 is 0 Å². The van der Waals surface area contributed by atoms with E-state index in [-0.39, 0.29) is 35.7 Å². The standard InChI is InChI=1S/C21H21ClFN5O/c1-12(2)19(29)25-20-26-21-24-17(13-3-7-15(22)8-4-13)11-18(28(21)27-20)14-5-9-16(23)10-6-14/h3-10,12,17-18H,11H2,1-2H3,(H2,24,25,26,27,29)/t17-,18-/m1/s1. The van der Waals surface area contributed by atoms with Crippen LogP contribution in [0, 0.1) is 11.7 Å². The third-order valence-corrected chi connectivity index (χ3v) is 5.23. The van der Waals surface area contributed by atoms with Crippen molar-refractivity contribution in [2.75, 3.05) is 10.6 Å². The SMILES string of the molecule is CC(C)C(=O)Nc1nc2n(n1)[C@@H](c1ccc(F)cc1)C[C@H](c1ccc(Cl)cc1)N2. The smallest absolute Gasteiger partial charge is 0.250 e. The number of aromatic nitrogens is 3. The van der Waals surface area contributed by atoms with Gasteiger partial charge < -0.3 is 5.32 Å². The second-order valence-corrected chi connectivity index (χ2v) is 7.84. The molecule has 0 spiro atoms. The van der Waals surface area contributed by atoms with Gasteiger partial charge in [0, 0.05) is 10.9 Å². The summed E-state index contributed by atoms with van der Waals surface area (Å²) in [5.74, 6) is 0.166. The van der Waals surface area contributed by atoms with Gasteiger partial charge in [0.1, 0.15) is 5.82 Å². The van der Waals surface area contributed by atoms with Crippen molar-refractivity contribution in [1.29, 1.82) is 0 Å². The number of anilines is 2. The van der Waals surface area contributed by atoms with E-state index in [1.165, 1.54) is 12.1 Å². The summed E-state index contributed by atoms with van der Waals surface area (Å²) in [6, 6.07) is 13.8. The molecule has 0 radical (unpaired) electrons. The highest BCUT2D eigenvalue weighted by Crippen LogP contribution is 2.38. The van der Waals surface area contributed by atoms with Crippen molar-refractivity contribution in [3.05, 3.63) is 70.5 Å². The zero-order valence-electron chi connectivity index (χ0n) is 16.1. The molecule has 150 valence electrons. The Bertz CT molecular complexity index is 1020. The molecule has 0 fully saturated rings. The highest BCUT2D eigenvalue weighted by atomic mass is 35.5. The summed E-state index contributed by atoms with van der Waals surface area (Å²) < 4.78 is 15.2. The summed E-state index contributed by atoms with van der Waals surface area (Å²) in [7, 11) is 0. The number of carbonyl (C=O) groups is 1. The first-order valence-corrected chi connectivity index (χ1v) is 9.83. The molecule has 2 N–H and O–H groups in total. The van der Waals surface area contributed by atoms with Crippen LogP contribution < -0.4 is 10.6 Å². The van der Waals surface area contributed by atoms with E-state index in [1.807, 2.05) is 38.1 Å². The van der Waals surface area contributed by atoms with Crippen LogP contribution >= 0.6 is 11.6 Å². The lowest BCUT2D eigenvalue weighted by molar-refractivity contribution is -0.118. The van der Waals surface area contributed by atoms with Crippen LogP contribution in [0.2, 0.25) is 5.02 Å². The van der Waals surface area contributed by atoms with Crippen LogP contribution in [0.3, 0.4) is 0 Å². The molecule has 0 aliphatic carbocycles. The quantitative estimate of drug-likeness (QED) is 0.643. The number of amides is 1. The van der Waals surface area contributed by atoms with E-state index < -0.39 is 0 Å². The molecular formula is C21H21ClFN5O. The molecule has 4 rings (SSSR count). The van der Waals surface area contributed by atoms with Crippen molar-refractivity contribution in [3.8, 4) is 0 Å². The first-order chi connectivity index (χ1) is 13.9. The summed E-state index contributed by atoms with van der Waals surface area (Å²) in [5, 5.41) is 11.3. The number of halogens is 2. The van der Waals surface area contributed by atoms with Gasteiger partial charge in [0.05, 0.1) is 12.1 Å². The molecule has 2 heterocycles. The van der Waals surface area contributed by atoms with E-state index in [1.54, 1.807) is 16.8 Å². The van der Waals surface area contributed by atoms with E-state index >= 15 is 0 Å². The molecule has 1 aromatic heterocycles. The summed E-state index contributed by atoms with van der Waals surface area (Å²) in [4.78, 5) is 16.5. The lowest BCUT2D eigenvalue weighted by Crippen LogP contribution is -2.28. The lowest BCUT2D eigenvalue weighted by atomic mass is 9.93. The van der Waals surface area contributed by atoms with Crippen LogP contribution in [0.1, 0.15) is 43.5 Å². The maximum atomic E-state index is 13.4. The first-order valence-electron chi connectivity index (χ1n) is 9.45. The maximum absolute atomic E-state index is 13.4. The van der Waals surface area contributed by atoms with Crippen molar-refractivity contribution in [3.63, 3.8) is 0 Å². The minimum absolute atomic E-state index is 0.0346. The molecule has 8 heteroatoms. The Labute approximate surface area is 173 Å². The Morgan fingerprint density at radius 1 is 1.17 bits per heavy atom. The summed E-state index contributed by atoms with van der Waals surface area (Å²) in [6.07, 6.45) is 0.682. The predicted octanol–water partition coefficient (Wildman–Crippen LogP) is 4.81. The van der Waals surface area contributed by atoms with Crippen molar-refractivity contribution in [2.45, 2.75) is 32.4 Å². The van der Waals surface area contributed by atoms with E-state index in [9.17, 15) is 9.18 Å². The molecule has 0 unspecified atom stereocenters. The van der Waals surface area contributed by atoms with Crippen LogP contribution in [-0.2, 0) is 4.79 Å². The van der Waals surface area contributed by atoms with E-state index in [4.69, 9.17) is 11.6 Å². The van der Waals surface area contributed by atoms with Gasteiger partial charge in [0.15, 0.2) is 0 Å². The molecule has 3 aromatic rings. The van der Waals surface area contributed by atoms with Crippen molar-refractivity contribution < 1.29 is 9.18 Å². The minimum atomic E-state index is -0.291. The summed E-state index contributed by atoms with van der Waals surface area (Å²) >= 11 is 6.03. The second kappa shape index (κ2) is 7.83. The van der Waals surface area contributed by atoms with Crippen LogP contribution in [-0.4, -0.2) is 20.7 Å². The number of fused-ring (bicyclic) bond motifs is 1. The number of rotatable bonds is 4. The zero-order chi connectivity index (χ0) is 20.5. The Kier molecular flexibility index (Phi) is 5.24. The summed E-state index contributed by atoms with van der Waals surface area (Å²) in [5.41, 5.74) is 1.98. The number of nitrogens with zero attached hydrogens (tertiary/aromatic N) is 3. The fourth-order valence-corrected chi connectivity index (χ4v) is 3.49. The Morgan fingerprint density at radius 3 is 2.48 bits per heavy atom. The Hall–Kier alpha value is -2.93. The molecule has 0 saturated carbocycles. The summed E-state index contributed by atoms with van der Waals surface area (Å²) in [6.45, 7) is 3.61. The van der Waals surface area contributed by atoms with Gasteiger partial charge in [-0.25, -0.2) is 9.07 Å². The normalized spacial score (nSPS) is 18.2. The van der Waals surface area contributed by atoms with Gasteiger partial charge in [-0.15, -0.1) is 5.10 Å². The van der Waals surface area contributed by atoms with Crippen molar-refractivity contribution in [1.82, 2.24) is 14.8 Å². The fraction of sp³-hybridized carbons (Fsp3) is 0.286. The zero-order valence-corrected chi connectivity index (χ0v) is 16.8. The lowest BCUT2D eigenvalue weighted by Gasteiger charge is -2.31. The maximum Gasteiger partial charge on any atom is 0.250 e. The van der Waals surface area contributed by atoms with E-state index in [2.05, 4.69) is 20.7 Å². The van der Waals surface area contributed by atoms with Crippen molar-refractivity contribution in [2.24, 2.45) is 5.92 Å². The molecule has 2 atom stereocenters. The largest absolute Gasteiger partial charge is 0.347 e. The van der Waals surface area contributed by atoms with Crippen LogP contribution in [0.15, 0.2) is 48.5 Å². The number of nitrogens with one attached hydrogen (secondary N) is 2. The first kappa shape index (κ1) is 19.4. The van der Waals surface area contributed by atoms with Gasteiger partial charge in [-0.2, -0.15) is 4.98 Å². The van der Waals surface area contributed by atoms with Crippen LogP contribution in [0.25, 0.3) is 0 Å². The molecular weight excluding hydrogens is 393 g/mol.